The lowest BCUT2D eigenvalue weighted by molar-refractivity contribution is 0.0711. The number of fused-ring (bicyclic) bond motifs is 2. The van der Waals surface area contributed by atoms with Crippen molar-refractivity contribution in [1.29, 1.82) is 0 Å². The standard InChI is InChI=1S/C19H21N5O/c1-8-19(9-2-12-24(11-1)13-19)18-21-17(23-25-18)15-5-3-14(4-6-15)16-7-10-20-22-16/h3-7,10H,1-2,8-9,11-13H2,(H,20,22). The van der Waals surface area contributed by atoms with Crippen LogP contribution in [0.2, 0.25) is 0 Å². The predicted molar refractivity (Wildman–Crippen MR) is 93.9 cm³/mol. The third-order valence-electron chi connectivity index (χ3n) is 5.62. The molecule has 6 heteroatoms. The van der Waals surface area contributed by atoms with Crippen molar-refractivity contribution in [3.8, 4) is 22.6 Å². The maximum atomic E-state index is 5.73. The van der Waals surface area contributed by atoms with E-state index in [1.54, 1.807) is 6.20 Å². The summed E-state index contributed by atoms with van der Waals surface area (Å²) in [5.74, 6) is 1.51. The van der Waals surface area contributed by atoms with Crippen LogP contribution < -0.4 is 0 Å². The Bertz CT molecular complexity index is 842. The molecule has 0 amide bonds. The highest BCUT2D eigenvalue weighted by atomic mass is 16.5. The van der Waals surface area contributed by atoms with Crippen LogP contribution in [0, 0.1) is 0 Å². The molecule has 0 aliphatic carbocycles. The zero-order valence-electron chi connectivity index (χ0n) is 14.1. The number of nitrogens with one attached hydrogen (secondary N) is 1. The second-order valence-electron chi connectivity index (χ2n) is 7.23. The summed E-state index contributed by atoms with van der Waals surface area (Å²) in [7, 11) is 0. The number of hydrogen-bond donors (Lipinski definition) is 1. The maximum Gasteiger partial charge on any atom is 0.234 e. The van der Waals surface area contributed by atoms with Gasteiger partial charge in [-0.3, -0.25) is 5.10 Å². The molecule has 25 heavy (non-hydrogen) atoms. The number of benzene rings is 1. The highest BCUT2D eigenvalue weighted by molar-refractivity contribution is 5.64. The summed E-state index contributed by atoms with van der Waals surface area (Å²) in [5, 5.41) is 11.2. The van der Waals surface area contributed by atoms with Crippen LogP contribution in [0.15, 0.2) is 41.1 Å². The monoisotopic (exact) mass is 335 g/mol. The number of piperidine rings is 2. The summed E-state index contributed by atoms with van der Waals surface area (Å²) in [6, 6.07) is 10.1. The molecule has 128 valence electrons. The molecule has 2 aromatic heterocycles. The van der Waals surface area contributed by atoms with Crippen LogP contribution in [-0.2, 0) is 5.41 Å². The molecule has 5 rings (SSSR count). The Balaban J connectivity index is 1.43. The van der Waals surface area contributed by atoms with Crippen molar-refractivity contribution in [1.82, 2.24) is 25.2 Å². The average Bonchev–Trinajstić information content (AvgIpc) is 3.34. The smallest absolute Gasteiger partial charge is 0.234 e. The highest BCUT2D eigenvalue weighted by Gasteiger charge is 2.43. The Hall–Kier alpha value is -2.47. The van der Waals surface area contributed by atoms with Gasteiger partial charge in [-0.1, -0.05) is 29.4 Å². The molecule has 4 heterocycles. The van der Waals surface area contributed by atoms with Gasteiger partial charge in [0.15, 0.2) is 0 Å². The fraction of sp³-hybridized carbons (Fsp3) is 0.421. The van der Waals surface area contributed by atoms with E-state index < -0.39 is 0 Å². The fourth-order valence-electron chi connectivity index (χ4n) is 4.32. The summed E-state index contributed by atoms with van der Waals surface area (Å²) in [5.41, 5.74) is 3.15. The van der Waals surface area contributed by atoms with E-state index >= 15 is 0 Å². The first-order chi connectivity index (χ1) is 12.3. The van der Waals surface area contributed by atoms with Gasteiger partial charge in [-0.15, -0.1) is 0 Å². The molecule has 0 spiro atoms. The fourth-order valence-corrected chi connectivity index (χ4v) is 4.32. The van der Waals surface area contributed by atoms with Crippen LogP contribution in [0.5, 0.6) is 0 Å². The molecule has 0 saturated carbocycles. The van der Waals surface area contributed by atoms with Crippen LogP contribution in [0.25, 0.3) is 22.6 Å². The normalized spacial score (nSPS) is 25.8. The average molecular weight is 335 g/mol. The Morgan fingerprint density at radius 1 is 1.00 bits per heavy atom. The molecule has 6 nitrogen and oxygen atoms in total. The Morgan fingerprint density at radius 3 is 2.48 bits per heavy atom. The lowest BCUT2D eigenvalue weighted by atomic mass is 9.73. The summed E-state index contributed by atoms with van der Waals surface area (Å²) in [6.07, 6.45) is 6.51. The topological polar surface area (TPSA) is 70.8 Å². The van der Waals surface area contributed by atoms with Crippen LogP contribution >= 0.6 is 0 Å². The third-order valence-corrected chi connectivity index (χ3v) is 5.62. The van der Waals surface area contributed by atoms with Gasteiger partial charge in [-0.05, 0) is 50.4 Å². The van der Waals surface area contributed by atoms with E-state index in [0.29, 0.717) is 5.82 Å². The molecule has 2 aliphatic rings. The van der Waals surface area contributed by atoms with Crippen molar-refractivity contribution in [2.75, 3.05) is 19.6 Å². The number of rotatable bonds is 3. The molecule has 1 aromatic carbocycles. The zero-order chi connectivity index (χ0) is 16.7. The van der Waals surface area contributed by atoms with Gasteiger partial charge >= 0.3 is 0 Å². The first kappa shape index (κ1) is 14.8. The molecule has 0 unspecified atom stereocenters. The Labute approximate surface area is 146 Å². The van der Waals surface area contributed by atoms with Crippen molar-refractivity contribution in [2.24, 2.45) is 0 Å². The number of hydrogen-bond acceptors (Lipinski definition) is 5. The van der Waals surface area contributed by atoms with Gasteiger partial charge in [-0.2, -0.15) is 10.1 Å². The van der Waals surface area contributed by atoms with Gasteiger partial charge in [0.1, 0.15) is 0 Å². The molecule has 2 fully saturated rings. The first-order valence-corrected chi connectivity index (χ1v) is 8.99. The van der Waals surface area contributed by atoms with Crippen molar-refractivity contribution < 1.29 is 4.52 Å². The second-order valence-corrected chi connectivity index (χ2v) is 7.23. The highest BCUT2D eigenvalue weighted by Crippen LogP contribution is 2.41. The Morgan fingerprint density at radius 2 is 1.76 bits per heavy atom. The van der Waals surface area contributed by atoms with Crippen LogP contribution in [0.1, 0.15) is 31.6 Å². The minimum atomic E-state index is 0.0671. The van der Waals surface area contributed by atoms with Gasteiger partial charge < -0.3 is 9.42 Å². The molecule has 2 aliphatic heterocycles. The zero-order valence-corrected chi connectivity index (χ0v) is 14.1. The van der Waals surface area contributed by atoms with Crippen LogP contribution in [0.3, 0.4) is 0 Å². The van der Waals surface area contributed by atoms with Crippen molar-refractivity contribution in [3.05, 3.63) is 42.4 Å². The largest absolute Gasteiger partial charge is 0.338 e. The van der Waals surface area contributed by atoms with Crippen molar-refractivity contribution in [2.45, 2.75) is 31.1 Å². The lowest BCUT2D eigenvalue weighted by Gasteiger charge is -2.44. The Kier molecular flexibility index (Phi) is 3.45. The van der Waals surface area contributed by atoms with E-state index in [2.05, 4.69) is 32.4 Å². The first-order valence-electron chi connectivity index (χ1n) is 8.99. The van der Waals surface area contributed by atoms with Gasteiger partial charge in [0, 0.05) is 18.3 Å². The number of aromatic amines is 1. The minimum Gasteiger partial charge on any atom is -0.338 e. The number of aromatic nitrogens is 4. The van der Waals surface area contributed by atoms with Gasteiger partial charge in [0.25, 0.3) is 0 Å². The van der Waals surface area contributed by atoms with E-state index in [1.165, 1.54) is 25.9 Å². The van der Waals surface area contributed by atoms with Crippen LogP contribution in [0.4, 0.5) is 0 Å². The quantitative estimate of drug-likeness (QED) is 0.795. The molecular weight excluding hydrogens is 314 g/mol. The molecule has 1 N–H and O–H groups in total. The lowest BCUT2D eigenvalue weighted by Crippen LogP contribution is -2.50. The molecule has 2 saturated heterocycles. The van der Waals surface area contributed by atoms with E-state index in [1.807, 2.05) is 18.2 Å². The second kappa shape index (κ2) is 5.81. The minimum absolute atomic E-state index is 0.0671. The van der Waals surface area contributed by atoms with Crippen molar-refractivity contribution in [3.63, 3.8) is 0 Å². The molecule has 2 bridgehead atoms. The predicted octanol–water partition coefficient (Wildman–Crippen LogP) is 3.25. The van der Waals surface area contributed by atoms with Gasteiger partial charge in [0.2, 0.25) is 11.7 Å². The summed E-state index contributed by atoms with van der Waals surface area (Å²) < 4.78 is 5.73. The number of H-pyrrole nitrogens is 1. The maximum absolute atomic E-state index is 5.73. The summed E-state index contributed by atoms with van der Waals surface area (Å²) >= 11 is 0. The van der Waals surface area contributed by atoms with E-state index in [-0.39, 0.29) is 5.41 Å². The third kappa shape index (κ3) is 2.57. The van der Waals surface area contributed by atoms with Crippen LogP contribution in [-0.4, -0.2) is 44.9 Å². The van der Waals surface area contributed by atoms with E-state index in [9.17, 15) is 0 Å². The summed E-state index contributed by atoms with van der Waals surface area (Å²) in [4.78, 5) is 7.32. The molecule has 3 aromatic rings. The summed E-state index contributed by atoms with van der Waals surface area (Å²) in [6.45, 7) is 3.48. The van der Waals surface area contributed by atoms with Gasteiger partial charge in [0.05, 0.1) is 11.1 Å². The van der Waals surface area contributed by atoms with Crippen molar-refractivity contribution >= 4 is 0 Å². The van der Waals surface area contributed by atoms with Gasteiger partial charge in [-0.25, -0.2) is 0 Å². The molecule has 0 radical (unpaired) electrons. The molecular formula is C19H21N5O. The SMILES string of the molecule is c1cc(-c2ccc(-c3noc(C45CCCN(CCC4)C5)n3)cc2)[nH]n1. The molecule has 0 atom stereocenters. The van der Waals surface area contributed by atoms with E-state index in [4.69, 9.17) is 9.51 Å². The van der Waals surface area contributed by atoms with E-state index in [0.717, 1.165) is 42.1 Å². The number of nitrogens with zero attached hydrogens (tertiary/aromatic N) is 4.